The number of rotatable bonds is 27. The molecule has 70 heavy (non-hydrogen) atoms. The zero-order chi connectivity index (χ0) is 51.7. The van der Waals surface area contributed by atoms with E-state index in [1.54, 1.807) is 44.3 Å². The number of amides is 6. The molecule has 0 unspecified atom stereocenters. The van der Waals surface area contributed by atoms with Crippen molar-refractivity contribution in [2.45, 2.75) is 101 Å². The summed E-state index contributed by atoms with van der Waals surface area (Å²) in [6.07, 6.45) is -1.26. The molecule has 4 rings (SSSR count). The summed E-state index contributed by atoms with van der Waals surface area (Å²) in [5.74, 6) is -11.2. The highest BCUT2D eigenvalue weighted by molar-refractivity contribution is 5.98. The van der Waals surface area contributed by atoms with Crippen LogP contribution in [0.4, 0.5) is 0 Å². The van der Waals surface area contributed by atoms with Gasteiger partial charge in [-0.1, -0.05) is 56.3 Å². The SMILES string of the molecule is CC(C)C[C@H](NC(=O)[C@H](Cc1c[nH]c2ccccc12)NC(=O)[C@H](CC(=O)O)NC(=O)[C@H](CO)NC(=O)[C@H](CCC(=O)O)NC(=O)[C@H](Cc1ccc(O)cc1)NC(=O)[C@@H](N)Cc1ccc(O)cc1)C(=O)O. The van der Waals surface area contributed by atoms with Crippen LogP contribution in [0.1, 0.15) is 56.2 Å². The summed E-state index contributed by atoms with van der Waals surface area (Å²) in [7, 11) is 0. The van der Waals surface area contributed by atoms with E-state index in [4.69, 9.17) is 5.73 Å². The molecule has 0 spiro atoms. The Morgan fingerprint density at radius 3 is 1.59 bits per heavy atom. The van der Waals surface area contributed by atoms with Gasteiger partial charge in [0.2, 0.25) is 35.4 Å². The molecule has 0 aliphatic carbocycles. The lowest BCUT2D eigenvalue weighted by atomic mass is 10.0. The van der Waals surface area contributed by atoms with E-state index < -0.39 is 122 Å². The summed E-state index contributed by atoms with van der Waals surface area (Å²) in [6.45, 7) is 2.30. The number of carbonyl (C=O) groups is 9. The van der Waals surface area contributed by atoms with Gasteiger partial charge in [-0.15, -0.1) is 0 Å². The highest BCUT2D eigenvalue weighted by Crippen LogP contribution is 2.20. The van der Waals surface area contributed by atoms with Crippen LogP contribution in [0.2, 0.25) is 0 Å². The molecule has 23 nitrogen and oxygen atoms in total. The smallest absolute Gasteiger partial charge is 0.326 e. The Labute approximate surface area is 400 Å². The number of phenolic OH excluding ortho intramolecular Hbond substituents is 2. The predicted octanol–water partition coefficient (Wildman–Crippen LogP) is -0.694. The molecule has 0 fully saturated rings. The number of para-hydroxylation sites is 1. The van der Waals surface area contributed by atoms with E-state index in [9.17, 15) is 73.8 Å². The van der Waals surface area contributed by atoms with Gasteiger partial charge >= 0.3 is 17.9 Å². The van der Waals surface area contributed by atoms with Gasteiger partial charge in [-0.05, 0) is 72.2 Å². The number of aromatic amines is 1. The number of aliphatic carboxylic acids is 3. The minimum atomic E-state index is -1.97. The van der Waals surface area contributed by atoms with Crippen molar-refractivity contribution in [1.82, 2.24) is 36.9 Å². The highest BCUT2D eigenvalue weighted by atomic mass is 16.4. The maximum absolute atomic E-state index is 13.9. The van der Waals surface area contributed by atoms with Gasteiger partial charge in [-0.25, -0.2) is 4.79 Å². The number of aromatic hydroxyl groups is 2. The molecule has 0 aliphatic heterocycles. The molecule has 6 amide bonds. The number of fused-ring (bicyclic) bond motifs is 1. The van der Waals surface area contributed by atoms with Crippen LogP contribution in [0.3, 0.4) is 0 Å². The first-order valence-electron chi connectivity index (χ1n) is 22.1. The third-order valence-corrected chi connectivity index (χ3v) is 10.9. The summed E-state index contributed by atoms with van der Waals surface area (Å²) in [5, 5.41) is 73.4. The second-order valence-corrected chi connectivity index (χ2v) is 17.0. The summed E-state index contributed by atoms with van der Waals surface area (Å²) in [5.41, 5.74) is 8.34. The van der Waals surface area contributed by atoms with Crippen LogP contribution in [0, 0.1) is 5.92 Å². The zero-order valence-electron chi connectivity index (χ0n) is 38.2. The van der Waals surface area contributed by atoms with E-state index in [0.29, 0.717) is 27.6 Å². The minimum absolute atomic E-state index is 0.0184. The Morgan fingerprint density at radius 1 is 0.557 bits per heavy atom. The Bertz CT molecular complexity index is 2500. The van der Waals surface area contributed by atoms with Crippen LogP contribution in [-0.2, 0) is 62.4 Å². The van der Waals surface area contributed by atoms with E-state index in [-0.39, 0.29) is 43.1 Å². The topological polar surface area (TPSA) is 389 Å². The molecule has 1 aromatic heterocycles. The van der Waals surface area contributed by atoms with E-state index in [1.165, 1.54) is 48.5 Å². The van der Waals surface area contributed by atoms with Gasteiger partial charge in [0, 0.05) is 36.4 Å². The fourth-order valence-electron chi connectivity index (χ4n) is 7.23. The molecule has 376 valence electrons. The van der Waals surface area contributed by atoms with Crippen LogP contribution in [0.5, 0.6) is 11.5 Å². The van der Waals surface area contributed by atoms with Crippen molar-refractivity contribution in [2.75, 3.05) is 6.61 Å². The first-order chi connectivity index (χ1) is 33.1. The molecular formula is C47H58N8O15. The number of nitrogens with one attached hydrogen (secondary N) is 7. The van der Waals surface area contributed by atoms with E-state index in [1.807, 2.05) is 0 Å². The summed E-state index contributed by atoms with van der Waals surface area (Å²) in [6, 6.07) is 7.12. The molecule has 0 radical (unpaired) electrons. The number of H-pyrrole nitrogens is 1. The van der Waals surface area contributed by atoms with Crippen molar-refractivity contribution in [2.24, 2.45) is 11.7 Å². The van der Waals surface area contributed by atoms with Crippen molar-refractivity contribution in [3.63, 3.8) is 0 Å². The lowest BCUT2D eigenvalue weighted by Gasteiger charge is -2.27. The summed E-state index contributed by atoms with van der Waals surface area (Å²) in [4.78, 5) is 121. The number of carbonyl (C=O) groups excluding carboxylic acids is 6. The maximum atomic E-state index is 13.9. The zero-order valence-corrected chi connectivity index (χ0v) is 38.2. The van der Waals surface area contributed by atoms with Crippen LogP contribution in [-0.4, -0.2) is 138 Å². The van der Waals surface area contributed by atoms with Gasteiger partial charge in [0.25, 0.3) is 0 Å². The van der Waals surface area contributed by atoms with Gasteiger partial charge < -0.3 is 73.3 Å². The number of nitrogens with two attached hydrogens (primary N) is 1. The number of aliphatic hydroxyl groups is 1. The van der Waals surface area contributed by atoms with Crippen LogP contribution in [0.25, 0.3) is 10.9 Å². The lowest BCUT2D eigenvalue weighted by molar-refractivity contribution is -0.143. The van der Waals surface area contributed by atoms with Crippen molar-refractivity contribution < 1.29 is 73.8 Å². The predicted molar refractivity (Wildman–Crippen MR) is 248 cm³/mol. The Kier molecular flexibility index (Phi) is 20.2. The Morgan fingerprint density at radius 2 is 1.03 bits per heavy atom. The number of phenols is 2. The minimum Gasteiger partial charge on any atom is -0.508 e. The Hall–Kier alpha value is -8.05. The number of hydrogen-bond acceptors (Lipinski definition) is 13. The lowest BCUT2D eigenvalue weighted by Crippen LogP contribution is -2.61. The molecular weight excluding hydrogens is 917 g/mol. The van der Waals surface area contributed by atoms with Gasteiger partial charge in [-0.3, -0.25) is 38.4 Å². The van der Waals surface area contributed by atoms with E-state index >= 15 is 0 Å². The van der Waals surface area contributed by atoms with Crippen molar-refractivity contribution in [3.8, 4) is 11.5 Å². The highest BCUT2D eigenvalue weighted by Gasteiger charge is 2.35. The molecule has 0 saturated carbocycles. The number of carboxylic acid groups (broad SMARTS) is 3. The molecule has 7 atom stereocenters. The van der Waals surface area contributed by atoms with Gasteiger partial charge in [0.15, 0.2) is 0 Å². The number of hydrogen-bond donors (Lipinski definition) is 14. The second-order valence-electron chi connectivity index (χ2n) is 17.0. The molecule has 3 aromatic carbocycles. The monoisotopic (exact) mass is 974 g/mol. The first kappa shape index (κ1) is 54.6. The normalized spacial score (nSPS) is 14.1. The van der Waals surface area contributed by atoms with Crippen molar-refractivity contribution in [1.29, 1.82) is 0 Å². The Balaban J connectivity index is 1.54. The van der Waals surface area contributed by atoms with Crippen molar-refractivity contribution >= 4 is 64.3 Å². The molecule has 4 aromatic rings. The number of aromatic nitrogens is 1. The fourth-order valence-corrected chi connectivity index (χ4v) is 7.23. The molecule has 23 heteroatoms. The van der Waals surface area contributed by atoms with E-state index in [2.05, 4.69) is 36.9 Å². The number of aliphatic hydroxyl groups excluding tert-OH is 1. The van der Waals surface area contributed by atoms with Crippen LogP contribution in [0.15, 0.2) is 79.0 Å². The molecule has 0 bridgehead atoms. The molecule has 1 heterocycles. The average molecular weight is 975 g/mol. The summed E-state index contributed by atoms with van der Waals surface area (Å²) < 4.78 is 0. The standard InChI is InChI=1S/C47H58N8O15/c1-24(2)17-37(47(69)70)54-44(66)35(20-27-22-49-32-6-4-3-5-30(27)32)52-45(67)36(21-40(61)62)53-46(68)38(23-56)55-42(64)33(15-16-39(59)60)50-43(65)34(19-26-9-13-29(58)14-10-26)51-41(63)31(48)18-25-7-11-28(57)12-8-25/h3-14,22,24,31,33-38,49,56-58H,15-21,23,48H2,1-2H3,(H,50,65)(H,51,63)(H,52,67)(H,53,68)(H,54,66)(H,55,64)(H,59,60)(H,61,62)(H,69,70)/t31-,33-,34-,35-,36-,37-,38-/m0/s1. The van der Waals surface area contributed by atoms with Crippen LogP contribution < -0.4 is 37.6 Å². The van der Waals surface area contributed by atoms with E-state index in [0.717, 1.165) is 0 Å². The van der Waals surface area contributed by atoms with Crippen LogP contribution >= 0.6 is 0 Å². The second kappa shape index (κ2) is 25.9. The number of carboxylic acids is 3. The molecule has 0 saturated heterocycles. The first-order valence-corrected chi connectivity index (χ1v) is 22.1. The summed E-state index contributed by atoms with van der Waals surface area (Å²) >= 11 is 0. The number of benzene rings is 3. The largest absolute Gasteiger partial charge is 0.508 e. The van der Waals surface area contributed by atoms with Gasteiger partial charge in [-0.2, -0.15) is 0 Å². The molecule has 15 N–H and O–H groups in total. The average Bonchev–Trinajstić information content (AvgIpc) is 3.71. The fraction of sp³-hybridized carbons (Fsp3) is 0.383. The maximum Gasteiger partial charge on any atom is 0.326 e. The van der Waals surface area contributed by atoms with Gasteiger partial charge in [0.1, 0.15) is 47.8 Å². The van der Waals surface area contributed by atoms with Crippen molar-refractivity contribution in [3.05, 3.63) is 95.7 Å². The molecule has 0 aliphatic rings. The quantitative estimate of drug-likeness (QED) is 0.0351. The third-order valence-electron chi connectivity index (χ3n) is 10.9. The third kappa shape index (κ3) is 16.9. The van der Waals surface area contributed by atoms with Gasteiger partial charge in [0.05, 0.1) is 19.1 Å².